The third-order valence-corrected chi connectivity index (χ3v) is 3.60. The van der Waals surface area contributed by atoms with E-state index in [4.69, 9.17) is 0 Å². The van der Waals surface area contributed by atoms with Gasteiger partial charge in [0, 0.05) is 18.9 Å². The molecular formula is C16H19N5. The Bertz CT molecular complexity index is 769. The molecule has 5 nitrogen and oxygen atoms in total. The van der Waals surface area contributed by atoms with Crippen molar-refractivity contribution in [3.8, 4) is 0 Å². The zero-order valence-corrected chi connectivity index (χ0v) is 12.8. The minimum absolute atomic E-state index is 0.123. The van der Waals surface area contributed by atoms with Crippen molar-refractivity contribution in [2.75, 3.05) is 11.9 Å². The van der Waals surface area contributed by atoms with Gasteiger partial charge in [-0.15, -0.1) is 0 Å². The fourth-order valence-electron chi connectivity index (χ4n) is 2.29. The second-order valence-electron chi connectivity index (χ2n) is 6.13. The third-order valence-electron chi connectivity index (χ3n) is 3.60. The van der Waals surface area contributed by atoms with Gasteiger partial charge in [-0.05, 0) is 29.2 Å². The van der Waals surface area contributed by atoms with E-state index < -0.39 is 0 Å². The summed E-state index contributed by atoms with van der Waals surface area (Å²) in [5.41, 5.74) is 2.54. The van der Waals surface area contributed by atoms with Gasteiger partial charge in [0.1, 0.15) is 12.1 Å². The largest absolute Gasteiger partial charge is 0.329 e. The molecular weight excluding hydrogens is 262 g/mol. The van der Waals surface area contributed by atoms with Gasteiger partial charge in [-0.25, -0.2) is 4.98 Å². The highest BCUT2D eigenvalue weighted by Gasteiger charge is 2.16. The van der Waals surface area contributed by atoms with Crippen LogP contribution in [0, 0.1) is 0 Å². The Kier molecular flexibility index (Phi) is 3.12. The summed E-state index contributed by atoms with van der Waals surface area (Å²) in [6.45, 7) is 6.65. The molecule has 0 saturated heterocycles. The zero-order chi connectivity index (χ0) is 15.0. The molecule has 1 aromatic carbocycles. The summed E-state index contributed by atoms with van der Waals surface area (Å²) in [5.74, 6) is 1.54. The molecule has 3 aromatic rings. The Morgan fingerprint density at radius 1 is 1.10 bits per heavy atom. The Balaban J connectivity index is 2.06. The average molecular weight is 281 g/mol. The van der Waals surface area contributed by atoms with Crippen LogP contribution in [-0.4, -0.2) is 26.6 Å². The van der Waals surface area contributed by atoms with Crippen LogP contribution >= 0.6 is 0 Å². The van der Waals surface area contributed by atoms with E-state index in [0.29, 0.717) is 5.78 Å². The van der Waals surface area contributed by atoms with E-state index in [1.807, 2.05) is 13.1 Å². The van der Waals surface area contributed by atoms with Crippen LogP contribution in [0.1, 0.15) is 26.3 Å². The van der Waals surface area contributed by atoms with E-state index in [1.54, 1.807) is 10.7 Å². The predicted octanol–water partition coefficient (Wildman–Crippen LogP) is 3.19. The molecule has 0 saturated carbocycles. The van der Waals surface area contributed by atoms with Crippen LogP contribution in [0.4, 0.5) is 11.5 Å². The lowest BCUT2D eigenvalue weighted by Crippen LogP contribution is -2.16. The summed E-state index contributed by atoms with van der Waals surface area (Å²) >= 11 is 0. The summed E-state index contributed by atoms with van der Waals surface area (Å²) in [6, 6.07) is 10.5. The van der Waals surface area contributed by atoms with Crippen LogP contribution in [0.2, 0.25) is 0 Å². The minimum atomic E-state index is 0.123. The molecule has 2 aromatic heterocycles. The number of benzene rings is 1. The summed E-state index contributed by atoms with van der Waals surface area (Å²) in [6.07, 6.45) is 3.27. The first kappa shape index (κ1) is 13.5. The number of hydrogen-bond donors (Lipinski definition) is 0. The molecule has 21 heavy (non-hydrogen) atoms. The van der Waals surface area contributed by atoms with Crippen molar-refractivity contribution in [1.82, 2.24) is 19.6 Å². The van der Waals surface area contributed by atoms with E-state index in [2.05, 4.69) is 65.0 Å². The number of nitrogens with zero attached hydrogens (tertiary/aromatic N) is 5. The summed E-state index contributed by atoms with van der Waals surface area (Å²) in [5, 5.41) is 4.24. The van der Waals surface area contributed by atoms with Crippen molar-refractivity contribution in [3.05, 3.63) is 48.4 Å². The lowest BCUT2D eigenvalue weighted by atomic mass is 9.87. The van der Waals surface area contributed by atoms with Gasteiger partial charge >= 0.3 is 0 Å². The van der Waals surface area contributed by atoms with Crippen LogP contribution in [0.5, 0.6) is 0 Å². The van der Waals surface area contributed by atoms with Crippen LogP contribution in [0.3, 0.4) is 0 Å². The lowest BCUT2D eigenvalue weighted by Gasteiger charge is -2.24. The molecule has 0 amide bonds. The highest BCUT2D eigenvalue weighted by molar-refractivity contribution is 5.61. The maximum Gasteiger partial charge on any atom is 0.254 e. The van der Waals surface area contributed by atoms with Gasteiger partial charge in [-0.2, -0.15) is 14.6 Å². The van der Waals surface area contributed by atoms with Gasteiger partial charge in [-0.1, -0.05) is 32.9 Å². The minimum Gasteiger partial charge on any atom is -0.329 e. The SMILES string of the molecule is CN(c1cccc(C(C)(C)C)c1)c1ccnc2ncnn12. The summed E-state index contributed by atoms with van der Waals surface area (Å²) in [7, 11) is 2.03. The monoisotopic (exact) mass is 281 g/mol. The predicted molar refractivity (Wildman–Crippen MR) is 84.0 cm³/mol. The molecule has 0 fully saturated rings. The van der Waals surface area contributed by atoms with Crippen molar-refractivity contribution < 1.29 is 0 Å². The van der Waals surface area contributed by atoms with Gasteiger partial charge in [0.2, 0.25) is 0 Å². The average Bonchev–Trinajstić information content (AvgIpc) is 2.94. The Morgan fingerprint density at radius 3 is 2.67 bits per heavy atom. The standard InChI is InChI=1S/C16H19N5/c1-16(2,3)12-6-5-7-13(10-12)20(4)14-8-9-17-15-18-11-19-21(14)15/h5-11H,1-4H3. The fourth-order valence-corrected chi connectivity index (χ4v) is 2.29. The summed E-state index contributed by atoms with van der Waals surface area (Å²) < 4.78 is 1.74. The topological polar surface area (TPSA) is 46.3 Å². The molecule has 0 aliphatic carbocycles. The molecule has 0 aliphatic rings. The van der Waals surface area contributed by atoms with Gasteiger partial charge in [0.25, 0.3) is 5.78 Å². The molecule has 0 radical (unpaired) electrons. The smallest absolute Gasteiger partial charge is 0.254 e. The van der Waals surface area contributed by atoms with Crippen LogP contribution in [0.15, 0.2) is 42.9 Å². The number of hydrogen-bond acceptors (Lipinski definition) is 4. The van der Waals surface area contributed by atoms with E-state index in [1.165, 1.54) is 11.9 Å². The van der Waals surface area contributed by atoms with Gasteiger partial charge in [0.05, 0.1) is 0 Å². The van der Waals surface area contributed by atoms with Crippen LogP contribution in [0.25, 0.3) is 5.78 Å². The van der Waals surface area contributed by atoms with E-state index >= 15 is 0 Å². The highest BCUT2D eigenvalue weighted by Crippen LogP contribution is 2.29. The van der Waals surface area contributed by atoms with Gasteiger partial charge in [0.15, 0.2) is 0 Å². The number of rotatable bonds is 2. The number of aromatic nitrogens is 4. The first-order valence-electron chi connectivity index (χ1n) is 6.96. The molecule has 0 unspecified atom stereocenters. The van der Waals surface area contributed by atoms with Crippen LogP contribution < -0.4 is 4.90 Å². The molecule has 0 atom stereocenters. The maximum atomic E-state index is 4.24. The second-order valence-corrected chi connectivity index (χ2v) is 6.13. The molecule has 0 spiro atoms. The summed E-state index contributed by atoms with van der Waals surface area (Å²) in [4.78, 5) is 10.4. The molecule has 3 rings (SSSR count). The zero-order valence-electron chi connectivity index (χ0n) is 12.8. The maximum absolute atomic E-state index is 4.24. The van der Waals surface area contributed by atoms with Crippen molar-refractivity contribution in [2.24, 2.45) is 0 Å². The molecule has 5 heteroatoms. The Labute approximate surface area is 124 Å². The molecule has 0 N–H and O–H groups in total. The first-order chi connectivity index (χ1) is 9.97. The Hall–Kier alpha value is -2.43. The molecule has 0 bridgehead atoms. The van der Waals surface area contributed by atoms with E-state index in [-0.39, 0.29) is 5.41 Å². The van der Waals surface area contributed by atoms with Crippen molar-refractivity contribution in [2.45, 2.75) is 26.2 Å². The van der Waals surface area contributed by atoms with Crippen molar-refractivity contribution in [1.29, 1.82) is 0 Å². The van der Waals surface area contributed by atoms with Gasteiger partial charge in [-0.3, -0.25) is 0 Å². The van der Waals surface area contributed by atoms with Crippen LogP contribution in [-0.2, 0) is 5.41 Å². The van der Waals surface area contributed by atoms with E-state index in [0.717, 1.165) is 11.5 Å². The van der Waals surface area contributed by atoms with E-state index in [9.17, 15) is 0 Å². The molecule has 0 aliphatic heterocycles. The van der Waals surface area contributed by atoms with Crippen molar-refractivity contribution >= 4 is 17.3 Å². The molecule has 108 valence electrons. The second kappa shape index (κ2) is 4.84. The number of fused-ring (bicyclic) bond motifs is 1. The number of anilines is 2. The normalized spacial score (nSPS) is 11.8. The van der Waals surface area contributed by atoms with Crippen molar-refractivity contribution in [3.63, 3.8) is 0 Å². The lowest BCUT2D eigenvalue weighted by molar-refractivity contribution is 0.590. The molecule has 2 heterocycles. The quantitative estimate of drug-likeness (QED) is 0.723. The fraction of sp³-hybridized carbons (Fsp3) is 0.312. The Morgan fingerprint density at radius 2 is 1.90 bits per heavy atom. The van der Waals surface area contributed by atoms with Gasteiger partial charge < -0.3 is 4.90 Å². The first-order valence-corrected chi connectivity index (χ1v) is 6.96. The highest BCUT2D eigenvalue weighted by atomic mass is 15.4. The third kappa shape index (κ3) is 2.46.